The fourth-order valence-corrected chi connectivity index (χ4v) is 5.83. The lowest BCUT2D eigenvalue weighted by Crippen LogP contribution is -2.20. The Labute approximate surface area is 174 Å². The van der Waals surface area contributed by atoms with Crippen LogP contribution in [0.25, 0.3) is 0 Å². The lowest BCUT2D eigenvalue weighted by Gasteiger charge is -2.12. The summed E-state index contributed by atoms with van der Waals surface area (Å²) in [4.78, 5) is 31.7. The molecule has 2 N–H and O–H groups in total. The van der Waals surface area contributed by atoms with Crippen LogP contribution in [0.1, 0.15) is 43.4 Å². The van der Waals surface area contributed by atoms with Gasteiger partial charge in [-0.05, 0) is 56.7 Å². The van der Waals surface area contributed by atoms with Gasteiger partial charge in [0, 0.05) is 23.4 Å². The Hall–Kier alpha value is -2.13. The molecule has 0 radical (unpaired) electrons. The van der Waals surface area contributed by atoms with Crippen LogP contribution in [0.4, 0.5) is 5.69 Å². The molecule has 0 saturated heterocycles. The second-order valence-corrected chi connectivity index (χ2v) is 10.2. The zero-order valence-electron chi connectivity index (χ0n) is 16.5. The molecular weight excluding hydrogens is 410 g/mol. The Morgan fingerprint density at radius 2 is 1.90 bits per heavy atom. The summed E-state index contributed by atoms with van der Waals surface area (Å²) in [7, 11) is -3.31. The van der Waals surface area contributed by atoms with E-state index < -0.39 is 9.84 Å². The molecule has 1 amide bonds. The predicted molar refractivity (Wildman–Crippen MR) is 114 cm³/mol. The Balaban J connectivity index is 1.61. The van der Waals surface area contributed by atoms with E-state index in [0.29, 0.717) is 39.8 Å². The molecule has 3 rings (SSSR count). The van der Waals surface area contributed by atoms with E-state index in [1.165, 1.54) is 11.8 Å². The molecule has 9 heteroatoms. The van der Waals surface area contributed by atoms with E-state index in [1.807, 2.05) is 6.26 Å². The van der Waals surface area contributed by atoms with Crippen LogP contribution in [0.15, 0.2) is 39.1 Å². The number of aromatic amines is 1. The first kappa shape index (κ1) is 21.6. The van der Waals surface area contributed by atoms with E-state index in [0.717, 1.165) is 12.8 Å². The van der Waals surface area contributed by atoms with Crippen molar-refractivity contribution < 1.29 is 13.2 Å². The van der Waals surface area contributed by atoms with Gasteiger partial charge in [-0.15, -0.1) is 0 Å². The van der Waals surface area contributed by atoms with Crippen molar-refractivity contribution in [3.8, 4) is 0 Å². The summed E-state index contributed by atoms with van der Waals surface area (Å²) in [6, 6.07) is 6.30. The van der Waals surface area contributed by atoms with Crippen molar-refractivity contribution in [2.24, 2.45) is 0 Å². The number of hydrogen-bond acceptors (Lipinski definition) is 6. The fourth-order valence-electron chi connectivity index (χ4n) is 3.56. The van der Waals surface area contributed by atoms with Gasteiger partial charge in [-0.1, -0.05) is 24.6 Å². The van der Waals surface area contributed by atoms with Crippen LogP contribution < -0.4 is 10.9 Å². The summed E-state index contributed by atoms with van der Waals surface area (Å²) in [5, 5.41) is 3.00. The first-order chi connectivity index (χ1) is 13.8. The van der Waals surface area contributed by atoms with E-state index in [4.69, 9.17) is 0 Å². The summed E-state index contributed by atoms with van der Waals surface area (Å²) >= 11 is 1.35. The summed E-state index contributed by atoms with van der Waals surface area (Å²) in [5.41, 5.74) is 1.42. The van der Waals surface area contributed by atoms with Gasteiger partial charge in [-0.3, -0.25) is 9.59 Å². The summed E-state index contributed by atoms with van der Waals surface area (Å²) < 4.78 is 25.2. The number of thioether (sulfide) groups is 1. The fraction of sp³-hybridized carbons (Fsp3) is 0.450. The monoisotopic (exact) mass is 435 g/mol. The molecule has 1 heterocycles. The molecule has 1 aromatic carbocycles. The molecule has 1 fully saturated rings. The predicted octanol–water partition coefficient (Wildman–Crippen LogP) is 3.09. The smallest absolute Gasteiger partial charge is 0.254 e. The first-order valence-electron chi connectivity index (χ1n) is 9.59. The standard InChI is InChI=1S/C20H25N3O4S2/c1-13-17(19(25)23-20(21-13)28-2)11-12-18(24)22-14-7-9-16(10-8-14)29(26,27)15-5-3-4-6-15/h7-10,15H,3-6,11-12H2,1-2H3,(H,22,24)(H,21,23,25). The van der Waals surface area contributed by atoms with E-state index in [2.05, 4.69) is 15.3 Å². The Morgan fingerprint density at radius 3 is 2.48 bits per heavy atom. The largest absolute Gasteiger partial charge is 0.326 e. The maximum absolute atomic E-state index is 12.6. The van der Waals surface area contributed by atoms with Gasteiger partial charge >= 0.3 is 0 Å². The molecule has 0 spiro atoms. The average Bonchev–Trinajstić information content (AvgIpc) is 3.23. The molecule has 1 aliphatic carbocycles. The molecule has 0 bridgehead atoms. The van der Waals surface area contributed by atoms with Gasteiger partial charge in [0.1, 0.15) is 0 Å². The molecule has 0 aliphatic heterocycles. The summed E-state index contributed by atoms with van der Waals surface area (Å²) in [5.74, 6) is -0.246. The number of hydrogen-bond donors (Lipinski definition) is 2. The first-order valence-corrected chi connectivity index (χ1v) is 12.4. The molecule has 29 heavy (non-hydrogen) atoms. The number of benzene rings is 1. The van der Waals surface area contributed by atoms with Crippen LogP contribution in [-0.2, 0) is 21.1 Å². The Morgan fingerprint density at radius 1 is 1.24 bits per heavy atom. The second kappa shape index (κ2) is 9.13. The normalized spacial score (nSPS) is 14.8. The highest BCUT2D eigenvalue weighted by molar-refractivity contribution is 7.98. The van der Waals surface area contributed by atoms with Gasteiger partial charge in [0.2, 0.25) is 5.91 Å². The van der Waals surface area contributed by atoms with Gasteiger partial charge in [0.25, 0.3) is 5.56 Å². The number of H-pyrrole nitrogens is 1. The Bertz CT molecular complexity index is 1040. The molecule has 0 unspecified atom stereocenters. The average molecular weight is 436 g/mol. The van der Waals surface area contributed by atoms with Gasteiger partial charge in [-0.25, -0.2) is 13.4 Å². The van der Waals surface area contributed by atoms with Crippen LogP contribution in [0.5, 0.6) is 0 Å². The van der Waals surface area contributed by atoms with Crippen molar-refractivity contribution in [2.75, 3.05) is 11.6 Å². The molecule has 0 atom stereocenters. The third-order valence-electron chi connectivity index (χ3n) is 5.20. The van der Waals surface area contributed by atoms with Crippen molar-refractivity contribution in [2.45, 2.75) is 60.8 Å². The number of amides is 1. The van der Waals surface area contributed by atoms with Crippen LogP contribution in [-0.4, -0.2) is 35.8 Å². The summed E-state index contributed by atoms with van der Waals surface area (Å²) in [6.07, 6.45) is 5.58. The quantitative estimate of drug-likeness (QED) is 0.511. The lowest BCUT2D eigenvalue weighted by atomic mass is 10.1. The number of rotatable bonds is 7. The van der Waals surface area contributed by atoms with Gasteiger partial charge < -0.3 is 10.3 Å². The highest BCUT2D eigenvalue weighted by atomic mass is 32.2. The third-order valence-corrected chi connectivity index (χ3v) is 8.06. The van der Waals surface area contributed by atoms with Crippen molar-refractivity contribution in [1.82, 2.24) is 9.97 Å². The number of anilines is 1. The van der Waals surface area contributed by atoms with Crippen molar-refractivity contribution >= 4 is 33.2 Å². The lowest BCUT2D eigenvalue weighted by molar-refractivity contribution is -0.116. The number of nitrogens with one attached hydrogen (secondary N) is 2. The molecule has 156 valence electrons. The summed E-state index contributed by atoms with van der Waals surface area (Å²) in [6.45, 7) is 1.76. The molecule has 1 aliphatic rings. The zero-order valence-corrected chi connectivity index (χ0v) is 18.2. The van der Waals surface area contributed by atoms with Crippen LogP contribution in [0.2, 0.25) is 0 Å². The maximum atomic E-state index is 12.6. The molecule has 2 aromatic rings. The number of aromatic nitrogens is 2. The van der Waals surface area contributed by atoms with Gasteiger partial charge in [0.05, 0.1) is 10.1 Å². The van der Waals surface area contributed by atoms with Crippen LogP contribution >= 0.6 is 11.8 Å². The maximum Gasteiger partial charge on any atom is 0.254 e. The van der Waals surface area contributed by atoms with E-state index in [1.54, 1.807) is 31.2 Å². The zero-order chi connectivity index (χ0) is 21.0. The number of nitrogens with zero attached hydrogens (tertiary/aromatic N) is 1. The number of aryl methyl sites for hydroxylation is 1. The van der Waals surface area contributed by atoms with Gasteiger partial charge in [0.15, 0.2) is 15.0 Å². The topological polar surface area (TPSA) is 109 Å². The number of carbonyl (C=O) groups excluding carboxylic acids is 1. The molecule has 7 nitrogen and oxygen atoms in total. The molecule has 1 aromatic heterocycles. The Kier molecular flexibility index (Phi) is 6.79. The van der Waals surface area contributed by atoms with Crippen LogP contribution in [0, 0.1) is 6.92 Å². The van der Waals surface area contributed by atoms with E-state index in [9.17, 15) is 18.0 Å². The highest BCUT2D eigenvalue weighted by Crippen LogP contribution is 2.30. The van der Waals surface area contributed by atoms with Crippen LogP contribution in [0.3, 0.4) is 0 Å². The molecular formula is C20H25N3O4S2. The van der Waals surface area contributed by atoms with E-state index in [-0.39, 0.29) is 29.6 Å². The number of carbonyl (C=O) groups is 1. The minimum absolute atomic E-state index is 0.131. The van der Waals surface area contributed by atoms with E-state index >= 15 is 0 Å². The van der Waals surface area contributed by atoms with Crippen molar-refractivity contribution in [1.29, 1.82) is 0 Å². The SMILES string of the molecule is CSc1nc(C)c(CCC(=O)Nc2ccc(S(=O)(=O)C3CCCC3)cc2)c(=O)[nH]1. The highest BCUT2D eigenvalue weighted by Gasteiger charge is 2.30. The third kappa shape index (κ3) is 5.08. The number of sulfone groups is 1. The second-order valence-electron chi connectivity index (χ2n) is 7.16. The minimum atomic E-state index is -3.31. The van der Waals surface area contributed by atoms with Gasteiger partial charge in [-0.2, -0.15) is 0 Å². The van der Waals surface area contributed by atoms with Crippen molar-refractivity contribution in [3.63, 3.8) is 0 Å². The molecule has 1 saturated carbocycles. The van der Waals surface area contributed by atoms with Crippen molar-refractivity contribution in [3.05, 3.63) is 45.9 Å². The minimum Gasteiger partial charge on any atom is -0.326 e.